The Morgan fingerprint density at radius 1 is 1.27 bits per heavy atom. The molecule has 0 aliphatic carbocycles. The van der Waals surface area contributed by atoms with Crippen LogP contribution in [0.25, 0.3) is 11.0 Å². The molecular weight excluding hydrogens is 294 g/mol. The molecule has 0 bridgehead atoms. The smallest absolute Gasteiger partial charge is 0.233 e. The summed E-state index contributed by atoms with van der Waals surface area (Å²) in [4.78, 5) is 18.9. The van der Waals surface area contributed by atoms with Gasteiger partial charge in [-0.25, -0.2) is 4.98 Å². The van der Waals surface area contributed by atoms with Gasteiger partial charge in [-0.15, -0.1) is 0 Å². The summed E-state index contributed by atoms with van der Waals surface area (Å²) in [6.07, 6.45) is 2.18. The summed E-state index contributed by atoms with van der Waals surface area (Å²) in [6, 6.07) is 8.13. The summed E-state index contributed by atoms with van der Waals surface area (Å²) in [5, 5.41) is 0.934. The number of benzene rings is 1. The maximum Gasteiger partial charge on any atom is 0.233 e. The molecular formula is C17H25N3OS. The Kier molecular flexibility index (Phi) is 6.31. The second kappa shape index (κ2) is 8.22. The topological polar surface area (TPSA) is 38.1 Å². The Balaban J connectivity index is 2.06. The van der Waals surface area contributed by atoms with Crippen LogP contribution < -0.4 is 0 Å². The van der Waals surface area contributed by atoms with E-state index in [1.165, 1.54) is 0 Å². The molecule has 5 heteroatoms. The average Bonchev–Trinajstić information content (AvgIpc) is 2.91. The van der Waals surface area contributed by atoms with Gasteiger partial charge in [0, 0.05) is 19.6 Å². The van der Waals surface area contributed by atoms with Gasteiger partial charge in [-0.3, -0.25) is 4.79 Å². The van der Waals surface area contributed by atoms with Gasteiger partial charge in [0.15, 0.2) is 5.16 Å². The third kappa shape index (κ3) is 3.83. The molecule has 0 saturated carbocycles. The van der Waals surface area contributed by atoms with E-state index in [-0.39, 0.29) is 5.91 Å². The van der Waals surface area contributed by atoms with E-state index in [1.807, 2.05) is 30.0 Å². The summed E-state index contributed by atoms with van der Waals surface area (Å²) in [5.41, 5.74) is 2.14. The van der Waals surface area contributed by atoms with Gasteiger partial charge in [0.05, 0.1) is 16.8 Å². The Bertz CT molecular complexity index is 623. The van der Waals surface area contributed by atoms with Gasteiger partial charge in [0.2, 0.25) is 5.91 Å². The van der Waals surface area contributed by atoms with Gasteiger partial charge in [0.25, 0.3) is 0 Å². The van der Waals surface area contributed by atoms with Crippen LogP contribution in [0.15, 0.2) is 29.4 Å². The number of hydrogen-bond acceptors (Lipinski definition) is 3. The first-order valence-corrected chi connectivity index (χ1v) is 9.05. The highest BCUT2D eigenvalue weighted by atomic mass is 32.2. The van der Waals surface area contributed by atoms with Crippen LogP contribution in [-0.4, -0.2) is 39.2 Å². The van der Waals surface area contributed by atoms with Crippen molar-refractivity contribution in [2.45, 2.75) is 45.3 Å². The molecule has 1 heterocycles. The molecule has 1 aromatic carbocycles. The molecule has 2 rings (SSSR count). The van der Waals surface area contributed by atoms with Crippen LogP contribution in [0.1, 0.15) is 33.6 Å². The molecule has 1 amide bonds. The zero-order valence-electron chi connectivity index (χ0n) is 13.7. The van der Waals surface area contributed by atoms with Crippen molar-refractivity contribution in [3.05, 3.63) is 24.3 Å². The normalized spacial score (nSPS) is 11.0. The van der Waals surface area contributed by atoms with Crippen LogP contribution in [0, 0.1) is 0 Å². The molecule has 0 saturated heterocycles. The van der Waals surface area contributed by atoms with Crippen molar-refractivity contribution in [1.82, 2.24) is 14.5 Å². The van der Waals surface area contributed by atoms with Crippen LogP contribution in [0.2, 0.25) is 0 Å². The summed E-state index contributed by atoms with van der Waals surface area (Å²) >= 11 is 1.54. The highest BCUT2D eigenvalue weighted by Gasteiger charge is 2.15. The molecule has 120 valence electrons. The van der Waals surface area contributed by atoms with Crippen molar-refractivity contribution < 1.29 is 4.79 Å². The van der Waals surface area contributed by atoms with E-state index in [9.17, 15) is 4.79 Å². The first-order valence-electron chi connectivity index (χ1n) is 8.07. The Morgan fingerprint density at radius 3 is 2.73 bits per heavy atom. The van der Waals surface area contributed by atoms with Crippen molar-refractivity contribution in [2.75, 3.05) is 18.8 Å². The van der Waals surface area contributed by atoms with E-state index in [4.69, 9.17) is 0 Å². The number of rotatable bonds is 8. The lowest BCUT2D eigenvalue weighted by Gasteiger charge is -2.20. The maximum absolute atomic E-state index is 12.3. The lowest BCUT2D eigenvalue weighted by Crippen LogP contribution is -2.33. The number of nitrogens with zero attached hydrogens (tertiary/aromatic N) is 3. The van der Waals surface area contributed by atoms with Gasteiger partial charge in [0.1, 0.15) is 0 Å². The predicted molar refractivity (Wildman–Crippen MR) is 93.3 cm³/mol. The average molecular weight is 319 g/mol. The van der Waals surface area contributed by atoms with Gasteiger partial charge < -0.3 is 9.47 Å². The highest BCUT2D eigenvalue weighted by molar-refractivity contribution is 7.99. The Labute approximate surface area is 136 Å². The Morgan fingerprint density at radius 2 is 2.05 bits per heavy atom. The van der Waals surface area contributed by atoms with Gasteiger partial charge >= 0.3 is 0 Å². The third-order valence-electron chi connectivity index (χ3n) is 3.78. The summed E-state index contributed by atoms with van der Waals surface area (Å²) in [7, 11) is 0. The lowest BCUT2D eigenvalue weighted by atomic mass is 10.3. The number of aryl methyl sites for hydroxylation is 1. The molecule has 0 atom stereocenters. The van der Waals surface area contributed by atoms with E-state index >= 15 is 0 Å². The number of para-hydroxylation sites is 2. The standard InChI is InChI=1S/C17H25N3OS/c1-4-7-12-19(5-2)16(21)13-22-17-18-14-10-8-9-11-15(14)20(17)6-3/h8-11H,4-7,12-13H2,1-3H3. The summed E-state index contributed by atoms with van der Waals surface area (Å²) < 4.78 is 2.18. The number of thioether (sulfide) groups is 1. The molecule has 0 spiro atoms. The third-order valence-corrected chi connectivity index (χ3v) is 4.74. The van der Waals surface area contributed by atoms with Crippen molar-refractivity contribution in [1.29, 1.82) is 0 Å². The molecule has 1 aromatic heterocycles. The van der Waals surface area contributed by atoms with Gasteiger partial charge in [-0.05, 0) is 32.4 Å². The molecule has 22 heavy (non-hydrogen) atoms. The van der Waals surface area contributed by atoms with E-state index in [1.54, 1.807) is 11.8 Å². The molecule has 4 nitrogen and oxygen atoms in total. The molecule has 2 aromatic rings. The van der Waals surface area contributed by atoms with Crippen LogP contribution in [0.5, 0.6) is 0 Å². The largest absolute Gasteiger partial charge is 0.342 e. The fourth-order valence-electron chi connectivity index (χ4n) is 2.49. The fourth-order valence-corrected chi connectivity index (χ4v) is 3.48. The van der Waals surface area contributed by atoms with Crippen molar-refractivity contribution in [3.8, 4) is 0 Å². The molecule has 0 unspecified atom stereocenters. The molecule has 0 radical (unpaired) electrons. The number of carbonyl (C=O) groups is 1. The SMILES string of the molecule is CCCCN(CC)C(=O)CSc1nc2ccccc2n1CC. The zero-order valence-corrected chi connectivity index (χ0v) is 14.5. The van der Waals surface area contributed by atoms with Crippen molar-refractivity contribution >= 4 is 28.7 Å². The number of amides is 1. The number of hydrogen-bond donors (Lipinski definition) is 0. The number of aromatic nitrogens is 2. The molecule has 0 aliphatic heterocycles. The second-order valence-electron chi connectivity index (χ2n) is 5.24. The Hall–Kier alpha value is -1.49. The number of unbranched alkanes of at least 4 members (excludes halogenated alkanes) is 1. The first kappa shape index (κ1) is 16.9. The zero-order chi connectivity index (χ0) is 15.9. The van der Waals surface area contributed by atoms with E-state index < -0.39 is 0 Å². The van der Waals surface area contributed by atoms with Crippen LogP contribution >= 0.6 is 11.8 Å². The predicted octanol–water partition coefficient (Wildman–Crippen LogP) is 3.80. The molecule has 0 fully saturated rings. The van der Waals surface area contributed by atoms with Crippen molar-refractivity contribution in [2.24, 2.45) is 0 Å². The van der Waals surface area contributed by atoms with Crippen LogP contribution in [0.3, 0.4) is 0 Å². The quantitative estimate of drug-likeness (QED) is 0.695. The minimum absolute atomic E-state index is 0.204. The van der Waals surface area contributed by atoms with Gasteiger partial charge in [-0.2, -0.15) is 0 Å². The summed E-state index contributed by atoms with van der Waals surface area (Å²) in [5.74, 6) is 0.664. The van der Waals surface area contributed by atoms with Crippen LogP contribution in [0.4, 0.5) is 0 Å². The molecule has 0 aliphatic rings. The van der Waals surface area contributed by atoms with E-state index in [0.717, 1.165) is 48.7 Å². The van der Waals surface area contributed by atoms with Crippen LogP contribution in [-0.2, 0) is 11.3 Å². The molecule has 0 N–H and O–H groups in total. The number of imidazole rings is 1. The van der Waals surface area contributed by atoms with Gasteiger partial charge in [-0.1, -0.05) is 37.2 Å². The summed E-state index contributed by atoms with van der Waals surface area (Å²) in [6.45, 7) is 8.81. The minimum atomic E-state index is 0.204. The number of carbonyl (C=O) groups excluding carboxylic acids is 1. The van der Waals surface area contributed by atoms with E-state index in [2.05, 4.69) is 29.5 Å². The maximum atomic E-state index is 12.3. The number of fused-ring (bicyclic) bond motifs is 1. The minimum Gasteiger partial charge on any atom is -0.342 e. The second-order valence-corrected chi connectivity index (χ2v) is 6.19. The highest BCUT2D eigenvalue weighted by Crippen LogP contribution is 2.24. The monoisotopic (exact) mass is 319 g/mol. The van der Waals surface area contributed by atoms with E-state index in [0.29, 0.717) is 5.75 Å². The van der Waals surface area contributed by atoms with Crippen molar-refractivity contribution in [3.63, 3.8) is 0 Å². The first-order chi connectivity index (χ1) is 10.7. The lowest BCUT2D eigenvalue weighted by molar-refractivity contribution is -0.128. The fraction of sp³-hybridized carbons (Fsp3) is 0.529.